The van der Waals surface area contributed by atoms with Crippen molar-refractivity contribution >= 4 is 11.8 Å². The van der Waals surface area contributed by atoms with Crippen molar-refractivity contribution in [3.05, 3.63) is 35.9 Å². The first-order chi connectivity index (χ1) is 12.9. The van der Waals surface area contributed by atoms with Gasteiger partial charge in [0.25, 0.3) is 0 Å². The van der Waals surface area contributed by atoms with Gasteiger partial charge < -0.3 is 14.7 Å². The van der Waals surface area contributed by atoms with Gasteiger partial charge in [-0.25, -0.2) is 0 Å². The molecule has 2 aliphatic rings. The lowest BCUT2D eigenvalue weighted by atomic mass is 9.86. The average Bonchev–Trinajstić information content (AvgIpc) is 2.69. The Morgan fingerprint density at radius 1 is 0.889 bits per heavy atom. The molecule has 2 fully saturated rings. The Morgan fingerprint density at radius 3 is 1.96 bits per heavy atom. The number of piperazine rings is 1. The minimum Gasteiger partial charge on any atom is -0.342 e. The molecule has 0 aromatic heterocycles. The van der Waals surface area contributed by atoms with E-state index in [1.165, 1.54) is 5.56 Å². The van der Waals surface area contributed by atoms with E-state index in [0.717, 1.165) is 45.4 Å². The van der Waals surface area contributed by atoms with E-state index >= 15 is 0 Å². The lowest BCUT2D eigenvalue weighted by molar-refractivity contribution is -0.155. The molecule has 0 aliphatic carbocycles. The Bertz CT molecular complexity index is 643. The molecule has 0 radical (unpaired) electrons. The molecule has 1 aromatic carbocycles. The molecule has 148 valence electrons. The van der Waals surface area contributed by atoms with Crippen LogP contribution in [0.15, 0.2) is 30.3 Å². The average molecular weight is 372 g/mol. The fraction of sp³-hybridized carbons (Fsp3) is 0.636. The van der Waals surface area contributed by atoms with Crippen molar-refractivity contribution in [2.75, 3.05) is 46.3 Å². The van der Waals surface area contributed by atoms with E-state index in [-0.39, 0.29) is 11.8 Å². The summed E-state index contributed by atoms with van der Waals surface area (Å²) in [5, 5.41) is 0. The van der Waals surface area contributed by atoms with E-state index in [0.29, 0.717) is 19.0 Å². The molecule has 5 heteroatoms. The number of rotatable bonds is 4. The van der Waals surface area contributed by atoms with Crippen molar-refractivity contribution in [3.63, 3.8) is 0 Å². The van der Waals surface area contributed by atoms with Crippen LogP contribution in [-0.2, 0) is 16.0 Å². The molecule has 2 heterocycles. The molecule has 0 unspecified atom stereocenters. The molecule has 0 spiro atoms. The highest BCUT2D eigenvalue weighted by atomic mass is 16.2. The van der Waals surface area contributed by atoms with Gasteiger partial charge in [0.15, 0.2) is 0 Å². The summed E-state index contributed by atoms with van der Waals surface area (Å²) < 4.78 is 0. The van der Waals surface area contributed by atoms with Gasteiger partial charge in [0.1, 0.15) is 5.41 Å². The fourth-order valence-corrected chi connectivity index (χ4v) is 4.18. The van der Waals surface area contributed by atoms with Crippen LogP contribution in [0.1, 0.15) is 32.3 Å². The lowest BCUT2D eigenvalue weighted by Gasteiger charge is -2.40. The molecule has 0 saturated carbocycles. The number of likely N-dealkylation sites (tertiary alicyclic amines) is 1. The van der Waals surface area contributed by atoms with Gasteiger partial charge in [-0.1, -0.05) is 30.3 Å². The Kier molecular flexibility index (Phi) is 6.20. The summed E-state index contributed by atoms with van der Waals surface area (Å²) in [6.07, 6.45) is 3.10. The van der Waals surface area contributed by atoms with Crippen molar-refractivity contribution in [2.24, 2.45) is 11.3 Å². The highest BCUT2D eigenvalue weighted by Gasteiger charge is 2.42. The summed E-state index contributed by atoms with van der Waals surface area (Å²) >= 11 is 0. The number of piperidine rings is 1. The summed E-state index contributed by atoms with van der Waals surface area (Å²) in [7, 11) is 2.07. The zero-order valence-corrected chi connectivity index (χ0v) is 17.0. The van der Waals surface area contributed by atoms with Gasteiger partial charge in [-0.2, -0.15) is 0 Å². The number of likely N-dealkylation sites (N-methyl/N-ethyl adjacent to an activating group) is 1. The third kappa shape index (κ3) is 4.70. The van der Waals surface area contributed by atoms with Crippen LogP contribution in [0.4, 0.5) is 0 Å². The number of carbonyl (C=O) groups excluding carboxylic acids is 2. The predicted octanol–water partition coefficient (Wildman–Crippen LogP) is 2.27. The molecule has 2 amide bonds. The molecule has 2 saturated heterocycles. The number of carbonyl (C=O) groups is 2. The second kappa shape index (κ2) is 8.42. The summed E-state index contributed by atoms with van der Waals surface area (Å²) in [5.74, 6) is 0.587. The summed E-state index contributed by atoms with van der Waals surface area (Å²) in [4.78, 5) is 32.1. The number of benzene rings is 1. The highest BCUT2D eigenvalue weighted by molar-refractivity contribution is 6.04. The van der Waals surface area contributed by atoms with E-state index in [1.807, 2.05) is 15.9 Å². The van der Waals surface area contributed by atoms with Gasteiger partial charge in [-0.05, 0) is 51.6 Å². The van der Waals surface area contributed by atoms with Crippen LogP contribution >= 0.6 is 0 Å². The second-order valence-corrected chi connectivity index (χ2v) is 8.65. The molecule has 2 aliphatic heterocycles. The zero-order chi connectivity index (χ0) is 19.4. The smallest absolute Gasteiger partial charge is 0.237 e. The fourth-order valence-electron chi connectivity index (χ4n) is 4.18. The van der Waals surface area contributed by atoms with Gasteiger partial charge in [0.2, 0.25) is 11.8 Å². The van der Waals surface area contributed by atoms with Crippen LogP contribution in [0.25, 0.3) is 0 Å². The number of hydrogen-bond acceptors (Lipinski definition) is 3. The van der Waals surface area contributed by atoms with Crippen LogP contribution in [0.3, 0.4) is 0 Å². The molecule has 0 bridgehead atoms. The maximum absolute atomic E-state index is 13.1. The van der Waals surface area contributed by atoms with E-state index < -0.39 is 5.41 Å². The minimum absolute atomic E-state index is 0.00964. The van der Waals surface area contributed by atoms with Crippen LogP contribution in [0, 0.1) is 11.3 Å². The first-order valence-electron chi connectivity index (χ1n) is 10.2. The molecule has 0 N–H and O–H groups in total. The molecule has 5 nitrogen and oxygen atoms in total. The quantitative estimate of drug-likeness (QED) is 0.763. The maximum Gasteiger partial charge on any atom is 0.237 e. The topological polar surface area (TPSA) is 43.9 Å². The molecule has 1 aromatic rings. The predicted molar refractivity (Wildman–Crippen MR) is 107 cm³/mol. The van der Waals surface area contributed by atoms with Crippen molar-refractivity contribution in [1.82, 2.24) is 14.7 Å². The number of nitrogens with zero attached hydrogens (tertiary/aromatic N) is 3. The van der Waals surface area contributed by atoms with E-state index in [2.05, 4.69) is 36.2 Å². The largest absolute Gasteiger partial charge is 0.342 e. The van der Waals surface area contributed by atoms with Crippen LogP contribution in [0.2, 0.25) is 0 Å². The zero-order valence-electron chi connectivity index (χ0n) is 17.0. The summed E-state index contributed by atoms with van der Waals surface area (Å²) in [6.45, 7) is 8.29. The van der Waals surface area contributed by atoms with Crippen molar-refractivity contribution in [1.29, 1.82) is 0 Å². The first-order valence-corrected chi connectivity index (χ1v) is 10.2. The Labute approximate surface area is 163 Å². The van der Waals surface area contributed by atoms with Gasteiger partial charge in [-0.15, -0.1) is 0 Å². The number of amides is 2. The van der Waals surface area contributed by atoms with Gasteiger partial charge in [0.05, 0.1) is 0 Å². The van der Waals surface area contributed by atoms with E-state index in [1.54, 1.807) is 13.8 Å². The van der Waals surface area contributed by atoms with Crippen LogP contribution < -0.4 is 0 Å². The monoisotopic (exact) mass is 371 g/mol. The van der Waals surface area contributed by atoms with Crippen molar-refractivity contribution in [2.45, 2.75) is 33.1 Å². The van der Waals surface area contributed by atoms with Gasteiger partial charge in [0, 0.05) is 39.3 Å². The molecule has 0 atom stereocenters. The Hall–Kier alpha value is -1.88. The SMILES string of the molecule is CN1CCN(C(=O)C(C)(C)C(=O)N2CCC(Cc3ccccc3)CC2)CC1. The normalized spacial score (nSPS) is 20.0. The summed E-state index contributed by atoms with van der Waals surface area (Å²) in [5.41, 5.74) is 0.398. The standard InChI is InChI=1S/C22H33N3O2/c1-22(2,21(27)25-15-13-23(3)14-16-25)20(26)24-11-9-19(10-12-24)17-18-7-5-4-6-8-18/h4-8,19H,9-17H2,1-3H3. The third-order valence-electron chi connectivity index (χ3n) is 6.13. The van der Waals surface area contributed by atoms with Gasteiger partial charge in [-0.3, -0.25) is 9.59 Å². The maximum atomic E-state index is 13.1. The first kappa shape index (κ1) is 19.9. The van der Waals surface area contributed by atoms with Crippen LogP contribution in [-0.4, -0.2) is 72.8 Å². The molecule has 3 rings (SSSR count). The van der Waals surface area contributed by atoms with Crippen LogP contribution in [0.5, 0.6) is 0 Å². The van der Waals surface area contributed by atoms with Gasteiger partial charge >= 0.3 is 0 Å². The summed E-state index contributed by atoms with van der Waals surface area (Å²) in [6, 6.07) is 10.6. The third-order valence-corrected chi connectivity index (χ3v) is 6.13. The second-order valence-electron chi connectivity index (χ2n) is 8.65. The lowest BCUT2D eigenvalue weighted by Crippen LogP contribution is -2.56. The van der Waals surface area contributed by atoms with Crippen molar-refractivity contribution < 1.29 is 9.59 Å². The minimum atomic E-state index is -0.970. The Balaban J connectivity index is 1.53. The highest BCUT2D eigenvalue weighted by Crippen LogP contribution is 2.28. The molecular weight excluding hydrogens is 338 g/mol. The molecular formula is C22H33N3O2. The van der Waals surface area contributed by atoms with Crippen molar-refractivity contribution in [3.8, 4) is 0 Å². The number of hydrogen-bond donors (Lipinski definition) is 0. The molecule has 27 heavy (non-hydrogen) atoms. The van der Waals surface area contributed by atoms with E-state index in [9.17, 15) is 9.59 Å². The van der Waals surface area contributed by atoms with E-state index in [4.69, 9.17) is 0 Å². The Morgan fingerprint density at radius 2 is 1.41 bits per heavy atom.